The van der Waals surface area contributed by atoms with Gasteiger partial charge in [-0.05, 0) is 68.7 Å². The van der Waals surface area contributed by atoms with Crippen LogP contribution in [0.2, 0.25) is 0 Å². The van der Waals surface area contributed by atoms with Gasteiger partial charge in [-0.25, -0.2) is 13.2 Å². The van der Waals surface area contributed by atoms with E-state index in [9.17, 15) is 18.0 Å². The third kappa shape index (κ3) is 5.14. The minimum atomic E-state index is -3.68. The molecule has 0 spiro atoms. The van der Waals surface area contributed by atoms with Crippen molar-refractivity contribution in [3.05, 3.63) is 59.2 Å². The van der Waals surface area contributed by atoms with Crippen LogP contribution >= 0.6 is 0 Å². The Bertz CT molecular complexity index is 1060. The number of ketones is 1. The molecule has 0 amide bonds. The first kappa shape index (κ1) is 23.0. The summed E-state index contributed by atoms with van der Waals surface area (Å²) < 4.78 is 37.8. The van der Waals surface area contributed by atoms with Gasteiger partial charge in [0, 0.05) is 18.7 Å². The SMILES string of the molecule is COc1ccc(C(=O)C(C)OC(=O)c2cc(S(=O)(=O)N3CCCCC3)ccc2C)cc1. The van der Waals surface area contributed by atoms with E-state index in [2.05, 4.69) is 0 Å². The van der Waals surface area contributed by atoms with Gasteiger partial charge in [0.2, 0.25) is 15.8 Å². The Balaban J connectivity index is 1.77. The summed E-state index contributed by atoms with van der Waals surface area (Å²) in [6.07, 6.45) is 1.63. The summed E-state index contributed by atoms with van der Waals surface area (Å²) in [7, 11) is -2.15. The van der Waals surface area contributed by atoms with E-state index < -0.39 is 22.1 Å². The van der Waals surface area contributed by atoms with Gasteiger partial charge in [0.15, 0.2) is 6.10 Å². The Morgan fingerprint density at radius 2 is 1.65 bits per heavy atom. The maximum absolute atomic E-state index is 13.0. The molecular weight excluding hydrogens is 418 g/mol. The average molecular weight is 446 g/mol. The van der Waals surface area contributed by atoms with Crippen molar-refractivity contribution >= 4 is 21.8 Å². The number of benzene rings is 2. The highest BCUT2D eigenvalue weighted by Gasteiger charge is 2.28. The normalized spacial score (nSPS) is 15.8. The van der Waals surface area contributed by atoms with Crippen molar-refractivity contribution in [1.29, 1.82) is 0 Å². The second kappa shape index (κ2) is 9.62. The average Bonchev–Trinajstić information content (AvgIpc) is 2.79. The van der Waals surface area contributed by atoms with E-state index in [-0.39, 0.29) is 16.2 Å². The van der Waals surface area contributed by atoms with Gasteiger partial charge in [0.1, 0.15) is 5.75 Å². The van der Waals surface area contributed by atoms with Gasteiger partial charge in [-0.2, -0.15) is 4.31 Å². The van der Waals surface area contributed by atoms with Gasteiger partial charge in [-0.3, -0.25) is 4.79 Å². The molecule has 0 aliphatic carbocycles. The number of esters is 1. The lowest BCUT2D eigenvalue weighted by Gasteiger charge is -2.26. The predicted octanol–water partition coefficient (Wildman–Crippen LogP) is 3.61. The second-order valence-corrected chi connectivity index (χ2v) is 9.52. The highest BCUT2D eigenvalue weighted by molar-refractivity contribution is 7.89. The van der Waals surface area contributed by atoms with Crippen LogP contribution in [0.25, 0.3) is 0 Å². The van der Waals surface area contributed by atoms with Gasteiger partial charge in [0.25, 0.3) is 0 Å². The van der Waals surface area contributed by atoms with E-state index >= 15 is 0 Å². The van der Waals surface area contributed by atoms with Gasteiger partial charge in [0.05, 0.1) is 17.6 Å². The van der Waals surface area contributed by atoms with E-state index in [4.69, 9.17) is 9.47 Å². The van der Waals surface area contributed by atoms with Crippen LogP contribution in [0.15, 0.2) is 47.4 Å². The molecule has 0 N–H and O–H groups in total. The van der Waals surface area contributed by atoms with Crippen molar-refractivity contribution in [3.8, 4) is 5.75 Å². The monoisotopic (exact) mass is 445 g/mol. The summed E-state index contributed by atoms with van der Waals surface area (Å²) in [6, 6.07) is 10.9. The zero-order chi connectivity index (χ0) is 22.6. The van der Waals surface area contributed by atoms with Crippen molar-refractivity contribution in [2.45, 2.75) is 44.1 Å². The van der Waals surface area contributed by atoms with E-state index in [0.29, 0.717) is 30.0 Å². The summed E-state index contributed by atoms with van der Waals surface area (Å²) in [5.74, 6) is -0.475. The molecule has 2 aromatic carbocycles. The van der Waals surface area contributed by atoms with Crippen LogP contribution in [-0.4, -0.2) is 50.8 Å². The number of hydrogen-bond donors (Lipinski definition) is 0. The lowest BCUT2D eigenvalue weighted by Crippen LogP contribution is -2.35. The summed E-state index contributed by atoms with van der Waals surface area (Å²) in [5, 5.41) is 0. The molecule has 8 heteroatoms. The topological polar surface area (TPSA) is 90.0 Å². The zero-order valence-electron chi connectivity index (χ0n) is 18.0. The lowest BCUT2D eigenvalue weighted by atomic mass is 10.1. The lowest BCUT2D eigenvalue weighted by molar-refractivity contribution is 0.0318. The molecule has 1 unspecified atom stereocenters. The fourth-order valence-corrected chi connectivity index (χ4v) is 5.05. The first-order valence-corrected chi connectivity index (χ1v) is 11.7. The number of sulfonamides is 1. The number of hydrogen-bond acceptors (Lipinski definition) is 6. The Morgan fingerprint density at radius 1 is 1.00 bits per heavy atom. The molecule has 0 saturated carbocycles. The molecule has 1 aliphatic rings. The Morgan fingerprint density at radius 3 is 2.26 bits per heavy atom. The van der Waals surface area contributed by atoms with Crippen LogP contribution in [0, 0.1) is 6.92 Å². The number of aryl methyl sites for hydroxylation is 1. The zero-order valence-corrected chi connectivity index (χ0v) is 18.8. The highest BCUT2D eigenvalue weighted by Crippen LogP contribution is 2.24. The van der Waals surface area contributed by atoms with Crippen LogP contribution in [0.5, 0.6) is 5.75 Å². The van der Waals surface area contributed by atoms with Crippen molar-refractivity contribution in [2.24, 2.45) is 0 Å². The number of ether oxygens (including phenoxy) is 2. The highest BCUT2D eigenvalue weighted by atomic mass is 32.2. The molecule has 0 aromatic heterocycles. The molecule has 166 valence electrons. The first-order chi connectivity index (χ1) is 14.7. The fraction of sp³-hybridized carbons (Fsp3) is 0.391. The maximum Gasteiger partial charge on any atom is 0.339 e. The predicted molar refractivity (Wildman–Crippen MR) is 116 cm³/mol. The molecule has 1 saturated heterocycles. The molecule has 1 fully saturated rings. The molecule has 7 nitrogen and oxygen atoms in total. The number of nitrogens with zero attached hydrogens (tertiary/aromatic N) is 1. The molecular formula is C23H27NO6S. The smallest absolute Gasteiger partial charge is 0.339 e. The minimum absolute atomic E-state index is 0.0566. The molecule has 3 rings (SSSR count). The van der Waals surface area contributed by atoms with Gasteiger partial charge < -0.3 is 9.47 Å². The van der Waals surface area contributed by atoms with Crippen LogP contribution < -0.4 is 4.74 Å². The number of rotatable bonds is 7. The molecule has 31 heavy (non-hydrogen) atoms. The summed E-state index contributed by atoms with van der Waals surface area (Å²) in [5.41, 5.74) is 1.10. The first-order valence-electron chi connectivity index (χ1n) is 10.2. The van der Waals surface area contributed by atoms with Crippen molar-refractivity contribution < 1.29 is 27.5 Å². The number of carbonyl (C=O) groups excluding carboxylic acids is 2. The number of carbonyl (C=O) groups is 2. The number of piperidine rings is 1. The standard InChI is InChI=1S/C23H27NO6S/c1-16-7-12-20(31(27,28)24-13-5-4-6-14-24)15-21(16)23(26)30-17(2)22(25)18-8-10-19(29-3)11-9-18/h7-12,15,17H,4-6,13-14H2,1-3H3. The van der Waals surface area contributed by atoms with Crippen LogP contribution in [0.1, 0.15) is 52.5 Å². The van der Waals surface area contributed by atoms with Gasteiger partial charge in [-0.1, -0.05) is 12.5 Å². The Hall–Kier alpha value is -2.71. The van der Waals surface area contributed by atoms with Crippen molar-refractivity contribution in [1.82, 2.24) is 4.31 Å². The molecule has 2 aromatic rings. The number of methoxy groups -OCH3 is 1. The molecule has 1 atom stereocenters. The van der Waals surface area contributed by atoms with Gasteiger partial charge >= 0.3 is 5.97 Å². The van der Waals surface area contributed by atoms with Crippen molar-refractivity contribution in [3.63, 3.8) is 0 Å². The molecule has 1 heterocycles. The van der Waals surface area contributed by atoms with Crippen LogP contribution in [0.4, 0.5) is 0 Å². The second-order valence-electron chi connectivity index (χ2n) is 7.58. The summed E-state index contributed by atoms with van der Waals surface area (Å²) >= 11 is 0. The van der Waals surface area contributed by atoms with Crippen LogP contribution in [0.3, 0.4) is 0 Å². The third-order valence-electron chi connectivity index (χ3n) is 5.41. The molecule has 0 bridgehead atoms. The van der Waals surface area contributed by atoms with E-state index in [0.717, 1.165) is 19.3 Å². The van der Waals surface area contributed by atoms with Crippen molar-refractivity contribution in [2.75, 3.05) is 20.2 Å². The van der Waals surface area contributed by atoms with E-state index in [1.165, 1.54) is 30.5 Å². The fourth-order valence-electron chi connectivity index (χ4n) is 3.50. The quantitative estimate of drug-likeness (QED) is 0.478. The summed E-state index contributed by atoms with van der Waals surface area (Å²) in [4.78, 5) is 25.4. The van der Waals surface area contributed by atoms with Crippen LogP contribution in [-0.2, 0) is 14.8 Å². The molecule has 1 aliphatic heterocycles. The van der Waals surface area contributed by atoms with Gasteiger partial charge in [-0.15, -0.1) is 0 Å². The largest absolute Gasteiger partial charge is 0.497 e. The Kier molecular flexibility index (Phi) is 7.12. The molecule has 0 radical (unpaired) electrons. The number of Topliss-reactive ketones (excluding diaryl/α,β-unsaturated/α-hetero) is 1. The summed E-state index contributed by atoms with van der Waals surface area (Å²) in [6.45, 7) is 4.14. The van der Waals surface area contributed by atoms with E-state index in [1.807, 2.05) is 0 Å². The van der Waals surface area contributed by atoms with E-state index in [1.54, 1.807) is 37.3 Å². The minimum Gasteiger partial charge on any atom is -0.497 e. The Labute approximate surface area is 183 Å². The third-order valence-corrected chi connectivity index (χ3v) is 7.30. The maximum atomic E-state index is 13.0.